The van der Waals surface area contributed by atoms with Crippen LogP contribution >= 0.6 is 0 Å². The number of imide groups is 1. The van der Waals surface area contributed by atoms with Gasteiger partial charge in [0.15, 0.2) is 16.4 Å². The monoisotopic (exact) mass is 401 g/mol. The van der Waals surface area contributed by atoms with E-state index in [-0.39, 0.29) is 11.5 Å². The highest BCUT2D eigenvalue weighted by Gasteiger charge is 2.24. The molecule has 0 aliphatic carbocycles. The molecule has 11 nitrogen and oxygen atoms in total. The topological polar surface area (TPSA) is 162 Å². The molecule has 0 saturated heterocycles. The highest BCUT2D eigenvalue weighted by molar-refractivity contribution is 7.90. The number of benzene rings is 1. The first-order valence-corrected chi connectivity index (χ1v) is 9.54. The van der Waals surface area contributed by atoms with E-state index < -0.39 is 49.9 Å². The molecule has 12 heteroatoms. The number of ether oxygens (including phenoxy) is 1. The van der Waals surface area contributed by atoms with Crippen LogP contribution in [0, 0.1) is 16.0 Å². The van der Waals surface area contributed by atoms with Crippen molar-refractivity contribution in [1.82, 2.24) is 10.6 Å². The van der Waals surface area contributed by atoms with Crippen molar-refractivity contribution in [1.29, 1.82) is 0 Å². The summed E-state index contributed by atoms with van der Waals surface area (Å²) in [6.07, 6.45) is 0.794. The molecule has 0 fully saturated rings. The zero-order valence-corrected chi connectivity index (χ0v) is 15.7. The molecule has 0 aliphatic rings. The minimum absolute atomic E-state index is 0.175. The van der Waals surface area contributed by atoms with Crippen LogP contribution in [0.3, 0.4) is 0 Å². The van der Waals surface area contributed by atoms with Gasteiger partial charge in [-0.25, -0.2) is 18.0 Å². The van der Waals surface area contributed by atoms with E-state index in [0.29, 0.717) is 6.54 Å². The second-order valence-corrected chi connectivity index (χ2v) is 7.92. The minimum Gasteiger partial charge on any atom is -0.452 e. The largest absolute Gasteiger partial charge is 0.452 e. The highest BCUT2D eigenvalue weighted by Crippen LogP contribution is 2.25. The first-order valence-electron chi connectivity index (χ1n) is 7.65. The molecule has 27 heavy (non-hydrogen) atoms. The van der Waals surface area contributed by atoms with Crippen LogP contribution in [0.4, 0.5) is 10.5 Å². The molecule has 0 aromatic heterocycles. The molecule has 0 saturated carbocycles. The summed E-state index contributed by atoms with van der Waals surface area (Å²) in [7, 11) is -3.87. The second-order valence-electron chi connectivity index (χ2n) is 5.94. The van der Waals surface area contributed by atoms with E-state index in [1.165, 1.54) is 0 Å². The lowest BCUT2D eigenvalue weighted by atomic mass is 10.2. The van der Waals surface area contributed by atoms with Gasteiger partial charge in [0, 0.05) is 18.9 Å². The second kappa shape index (κ2) is 9.07. The number of nitro groups is 1. The van der Waals surface area contributed by atoms with Crippen LogP contribution < -0.4 is 10.6 Å². The van der Waals surface area contributed by atoms with Crippen LogP contribution in [0.2, 0.25) is 0 Å². The smallest absolute Gasteiger partial charge is 0.338 e. The molecule has 0 radical (unpaired) electrons. The fraction of sp³-hybridized carbons (Fsp3) is 0.400. The van der Waals surface area contributed by atoms with Gasteiger partial charge in [0.05, 0.1) is 10.5 Å². The van der Waals surface area contributed by atoms with Gasteiger partial charge in [0.2, 0.25) is 0 Å². The van der Waals surface area contributed by atoms with Crippen LogP contribution in [-0.4, -0.2) is 50.7 Å². The number of carbonyl (C=O) groups is 3. The van der Waals surface area contributed by atoms with E-state index in [0.717, 1.165) is 24.5 Å². The number of amides is 3. The van der Waals surface area contributed by atoms with Gasteiger partial charge >= 0.3 is 12.0 Å². The van der Waals surface area contributed by atoms with Gasteiger partial charge < -0.3 is 10.1 Å². The normalized spacial score (nSPS) is 11.0. The number of sulfone groups is 1. The Bertz CT molecular complexity index is 864. The quantitative estimate of drug-likeness (QED) is 0.382. The Labute approximate surface area is 155 Å². The number of hydrogen-bond acceptors (Lipinski definition) is 8. The highest BCUT2D eigenvalue weighted by atomic mass is 32.2. The minimum atomic E-state index is -3.87. The fourth-order valence-electron chi connectivity index (χ4n) is 1.82. The Morgan fingerprint density at radius 2 is 1.89 bits per heavy atom. The molecule has 1 aromatic carbocycles. The standard InChI is InChI=1S/C15H19N3O8S/c1-9(2)7-16-15(21)17-13(19)8-26-14(20)10-4-5-12(27(3,24)25)11(6-10)18(22)23/h4-6,9H,7-8H2,1-3H3,(H2,16,17,19,21). The lowest BCUT2D eigenvalue weighted by Gasteiger charge is -2.09. The van der Waals surface area contributed by atoms with Gasteiger partial charge in [0.25, 0.3) is 11.6 Å². The van der Waals surface area contributed by atoms with E-state index in [4.69, 9.17) is 0 Å². The van der Waals surface area contributed by atoms with E-state index in [1.54, 1.807) is 0 Å². The summed E-state index contributed by atoms with van der Waals surface area (Å²) in [6.45, 7) is 3.26. The van der Waals surface area contributed by atoms with E-state index in [9.17, 15) is 32.9 Å². The third-order valence-electron chi connectivity index (χ3n) is 3.05. The summed E-state index contributed by atoms with van der Waals surface area (Å²) in [6, 6.07) is 1.92. The predicted molar refractivity (Wildman–Crippen MR) is 92.9 cm³/mol. The van der Waals surface area contributed by atoms with Crippen molar-refractivity contribution < 1.29 is 32.5 Å². The van der Waals surface area contributed by atoms with Crippen LogP contribution in [0.1, 0.15) is 24.2 Å². The lowest BCUT2D eigenvalue weighted by Crippen LogP contribution is -2.42. The molecule has 0 aliphatic heterocycles. The maximum Gasteiger partial charge on any atom is 0.338 e. The van der Waals surface area contributed by atoms with Crippen molar-refractivity contribution in [2.45, 2.75) is 18.7 Å². The Kier molecular flexibility index (Phi) is 7.40. The molecule has 2 N–H and O–H groups in total. The summed E-state index contributed by atoms with van der Waals surface area (Å²) in [4.78, 5) is 44.4. The Morgan fingerprint density at radius 3 is 2.41 bits per heavy atom. The molecule has 0 unspecified atom stereocenters. The lowest BCUT2D eigenvalue weighted by molar-refractivity contribution is -0.387. The number of hydrogen-bond donors (Lipinski definition) is 2. The first-order chi connectivity index (χ1) is 12.4. The van der Waals surface area contributed by atoms with Crippen molar-refractivity contribution >= 4 is 33.4 Å². The SMILES string of the molecule is CC(C)CNC(=O)NC(=O)COC(=O)c1ccc(S(C)(=O)=O)c([N+](=O)[O-])c1. The van der Waals surface area contributed by atoms with Crippen molar-refractivity contribution in [3.63, 3.8) is 0 Å². The summed E-state index contributed by atoms with van der Waals surface area (Å²) in [5, 5.41) is 15.4. The molecular formula is C15H19N3O8S. The number of rotatable bonds is 7. The zero-order chi connectivity index (χ0) is 20.8. The van der Waals surface area contributed by atoms with E-state index >= 15 is 0 Å². The first kappa shape index (κ1) is 22.0. The molecule has 3 amide bonds. The van der Waals surface area contributed by atoms with Crippen molar-refractivity contribution in [2.24, 2.45) is 5.92 Å². The summed E-state index contributed by atoms with van der Waals surface area (Å²) in [5.74, 6) is -1.81. The van der Waals surface area contributed by atoms with Gasteiger partial charge in [-0.05, 0) is 18.1 Å². The molecule has 1 rings (SSSR count). The number of nitrogens with one attached hydrogen (secondary N) is 2. The number of esters is 1. The van der Waals surface area contributed by atoms with Crippen molar-refractivity contribution in [2.75, 3.05) is 19.4 Å². The Hall–Kier alpha value is -3.02. The van der Waals surface area contributed by atoms with Crippen LogP contribution in [0.5, 0.6) is 0 Å². The molecule has 148 valence electrons. The predicted octanol–water partition coefficient (Wildman–Crippen LogP) is 0.637. The van der Waals surface area contributed by atoms with Crippen molar-refractivity contribution in [3.8, 4) is 0 Å². The summed E-state index contributed by atoms with van der Waals surface area (Å²) >= 11 is 0. The van der Waals surface area contributed by atoms with Crippen molar-refractivity contribution in [3.05, 3.63) is 33.9 Å². The number of nitro benzene ring substituents is 1. The fourth-order valence-corrected chi connectivity index (χ4v) is 2.65. The third kappa shape index (κ3) is 7.01. The maximum absolute atomic E-state index is 11.9. The van der Waals surface area contributed by atoms with Crippen LogP contribution in [0.15, 0.2) is 23.1 Å². The third-order valence-corrected chi connectivity index (χ3v) is 4.19. The Morgan fingerprint density at radius 1 is 1.26 bits per heavy atom. The van der Waals surface area contributed by atoms with Gasteiger partial charge in [-0.3, -0.25) is 20.2 Å². The number of nitrogens with zero attached hydrogens (tertiary/aromatic N) is 1. The van der Waals surface area contributed by atoms with E-state index in [2.05, 4.69) is 10.1 Å². The van der Waals surface area contributed by atoms with Crippen LogP contribution in [0.25, 0.3) is 0 Å². The van der Waals surface area contributed by atoms with Gasteiger partial charge in [-0.2, -0.15) is 0 Å². The van der Waals surface area contributed by atoms with Crippen LogP contribution in [-0.2, 0) is 19.4 Å². The maximum atomic E-state index is 11.9. The molecular weight excluding hydrogens is 382 g/mol. The number of carbonyl (C=O) groups excluding carboxylic acids is 3. The average Bonchev–Trinajstić information content (AvgIpc) is 2.56. The van der Waals surface area contributed by atoms with Gasteiger partial charge in [0.1, 0.15) is 4.90 Å². The molecule has 0 heterocycles. The zero-order valence-electron chi connectivity index (χ0n) is 14.8. The molecule has 0 spiro atoms. The van der Waals surface area contributed by atoms with E-state index in [1.807, 2.05) is 19.2 Å². The average molecular weight is 401 g/mol. The van der Waals surface area contributed by atoms with Gasteiger partial charge in [-0.1, -0.05) is 13.8 Å². The summed E-state index contributed by atoms with van der Waals surface area (Å²) in [5.41, 5.74) is -1.10. The number of urea groups is 1. The molecule has 1 aromatic rings. The molecule has 0 bridgehead atoms. The molecule has 0 atom stereocenters. The summed E-state index contributed by atoms with van der Waals surface area (Å²) < 4.78 is 27.8. The Balaban J connectivity index is 2.75. The van der Waals surface area contributed by atoms with Gasteiger partial charge in [-0.15, -0.1) is 0 Å².